The van der Waals surface area contributed by atoms with E-state index in [4.69, 9.17) is 5.84 Å². The van der Waals surface area contributed by atoms with Gasteiger partial charge in [0.1, 0.15) is 5.82 Å². The molecule has 1 atom stereocenters. The highest BCUT2D eigenvalue weighted by molar-refractivity contribution is 9.10. The van der Waals surface area contributed by atoms with Gasteiger partial charge in [-0.25, -0.2) is 9.82 Å². The lowest BCUT2D eigenvalue weighted by Crippen LogP contribution is -2.29. The minimum atomic E-state index is -0.270. The molecule has 1 unspecified atom stereocenters. The summed E-state index contributed by atoms with van der Waals surface area (Å²) in [5.41, 5.74) is 5.86. The Kier molecular flexibility index (Phi) is 5.29. The first-order chi connectivity index (χ1) is 9.65. The van der Waals surface area contributed by atoms with Crippen LogP contribution < -0.4 is 11.3 Å². The summed E-state index contributed by atoms with van der Waals surface area (Å²) in [6.07, 6.45) is 2.11. The van der Waals surface area contributed by atoms with Crippen LogP contribution in [0.1, 0.15) is 36.1 Å². The largest absolute Gasteiger partial charge is 0.271 e. The van der Waals surface area contributed by atoms with Gasteiger partial charge in [0, 0.05) is 4.47 Å². The number of rotatable bonds is 5. The summed E-state index contributed by atoms with van der Waals surface area (Å²) >= 11 is 3.46. The van der Waals surface area contributed by atoms with Gasteiger partial charge in [-0.15, -0.1) is 0 Å². The number of hydrogen-bond acceptors (Lipinski definition) is 2. The molecule has 0 saturated carbocycles. The smallest absolute Gasteiger partial charge is 0.123 e. The number of nitrogens with two attached hydrogens (primary N) is 1. The van der Waals surface area contributed by atoms with Gasteiger partial charge < -0.3 is 0 Å². The first-order valence-electron chi connectivity index (χ1n) is 6.65. The van der Waals surface area contributed by atoms with E-state index in [0.717, 1.165) is 28.4 Å². The van der Waals surface area contributed by atoms with Crippen LogP contribution in [0, 0.1) is 5.82 Å². The number of nitrogens with one attached hydrogen (secondary N) is 1. The molecule has 2 aromatic carbocycles. The third kappa shape index (κ3) is 3.45. The van der Waals surface area contributed by atoms with E-state index in [9.17, 15) is 4.39 Å². The van der Waals surface area contributed by atoms with Crippen molar-refractivity contribution in [2.24, 2.45) is 5.84 Å². The maximum Gasteiger partial charge on any atom is 0.123 e. The van der Waals surface area contributed by atoms with Crippen molar-refractivity contribution in [2.75, 3.05) is 0 Å². The molecule has 0 amide bonds. The minimum Gasteiger partial charge on any atom is -0.271 e. The SMILES string of the molecule is CCCc1cccc(C(NN)c2cc(F)ccc2Br)c1. The van der Waals surface area contributed by atoms with E-state index < -0.39 is 0 Å². The van der Waals surface area contributed by atoms with Crippen LogP contribution in [-0.2, 0) is 6.42 Å². The zero-order valence-electron chi connectivity index (χ0n) is 11.4. The Hall–Kier alpha value is -1.23. The lowest BCUT2D eigenvalue weighted by atomic mass is 9.96. The molecule has 2 nitrogen and oxygen atoms in total. The Bertz CT molecular complexity index is 586. The predicted octanol–water partition coefficient (Wildman–Crippen LogP) is 4.09. The molecular formula is C16H18BrFN2. The van der Waals surface area contributed by atoms with Crippen molar-refractivity contribution in [3.8, 4) is 0 Å². The van der Waals surface area contributed by atoms with Crippen LogP contribution in [0.3, 0.4) is 0 Å². The normalized spacial score (nSPS) is 12.4. The van der Waals surface area contributed by atoms with Crippen LogP contribution in [0.25, 0.3) is 0 Å². The first-order valence-corrected chi connectivity index (χ1v) is 7.45. The van der Waals surface area contributed by atoms with E-state index in [2.05, 4.69) is 40.4 Å². The second-order valence-electron chi connectivity index (χ2n) is 4.76. The summed E-state index contributed by atoms with van der Waals surface area (Å²) in [4.78, 5) is 0. The van der Waals surface area contributed by atoms with Crippen molar-refractivity contribution in [3.63, 3.8) is 0 Å². The fraction of sp³-hybridized carbons (Fsp3) is 0.250. The molecule has 2 rings (SSSR count). The van der Waals surface area contributed by atoms with Gasteiger partial charge in [0.25, 0.3) is 0 Å². The molecule has 0 heterocycles. The fourth-order valence-electron chi connectivity index (χ4n) is 2.32. The van der Waals surface area contributed by atoms with Crippen molar-refractivity contribution in [3.05, 3.63) is 69.4 Å². The Morgan fingerprint density at radius 2 is 2.05 bits per heavy atom. The molecule has 0 saturated heterocycles. The molecule has 0 bridgehead atoms. The third-order valence-corrected chi connectivity index (χ3v) is 3.98. The van der Waals surface area contributed by atoms with Crippen molar-refractivity contribution >= 4 is 15.9 Å². The summed E-state index contributed by atoms with van der Waals surface area (Å²) in [6, 6.07) is 12.6. The fourth-order valence-corrected chi connectivity index (χ4v) is 2.79. The average Bonchev–Trinajstić information content (AvgIpc) is 2.44. The van der Waals surface area contributed by atoms with Gasteiger partial charge in [0.15, 0.2) is 0 Å². The van der Waals surface area contributed by atoms with Crippen LogP contribution in [0.4, 0.5) is 4.39 Å². The van der Waals surface area contributed by atoms with Crippen LogP contribution >= 0.6 is 15.9 Å². The summed E-state index contributed by atoms with van der Waals surface area (Å²) in [5, 5.41) is 0. The van der Waals surface area contributed by atoms with E-state index in [1.54, 1.807) is 6.07 Å². The van der Waals surface area contributed by atoms with Gasteiger partial charge >= 0.3 is 0 Å². The van der Waals surface area contributed by atoms with Gasteiger partial charge in [-0.2, -0.15) is 0 Å². The Labute approximate surface area is 127 Å². The Balaban J connectivity index is 2.41. The number of halogens is 2. The number of hydrazine groups is 1. The minimum absolute atomic E-state index is 0.239. The molecule has 0 spiro atoms. The molecule has 4 heteroatoms. The second-order valence-corrected chi connectivity index (χ2v) is 5.61. The highest BCUT2D eigenvalue weighted by Gasteiger charge is 2.16. The second kappa shape index (κ2) is 6.97. The van der Waals surface area contributed by atoms with E-state index in [1.807, 2.05) is 12.1 Å². The zero-order valence-corrected chi connectivity index (χ0v) is 13.0. The summed E-state index contributed by atoms with van der Waals surface area (Å²) in [6.45, 7) is 2.15. The Morgan fingerprint density at radius 3 is 2.75 bits per heavy atom. The van der Waals surface area contributed by atoms with Crippen molar-refractivity contribution < 1.29 is 4.39 Å². The summed E-state index contributed by atoms with van der Waals surface area (Å²) < 4.78 is 14.3. The van der Waals surface area contributed by atoms with Gasteiger partial charge in [-0.1, -0.05) is 53.5 Å². The van der Waals surface area contributed by atoms with Crippen LogP contribution in [0.2, 0.25) is 0 Å². The van der Waals surface area contributed by atoms with Gasteiger partial charge in [-0.3, -0.25) is 5.84 Å². The van der Waals surface area contributed by atoms with E-state index in [1.165, 1.54) is 17.7 Å². The van der Waals surface area contributed by atoms with Crippen LogP contribution in [0.15, 0.2) is 46.9 Å². The molecule has 3 N–H and O–H groups in total. The highest BCUT2D eigenvalue weighted by Crippen LogP contribution is 2.29. The topological polar surface area (TPSA) is 38.0 Å². The molecule has 0 aliphatic rings. The van der Waals surface area contributed by atoms with Crippen molar-refractivity contribution in [1.82, 2.24) is 5.43 Å². The molecule has 0 aliphatic heterocycles. The molecule has 106 valence electrons. The van der Waals surface area contributed by atoms with E-state index in [-0.39, 0.29) is 11.9 Å². The molecule has 0 aromatic heterocycles. The standard InChI is InChI=1S/C16H18BrFN2/c1-2-4-11-5-3-6-12(9-11)16(20-19)14-10-13(18)7-8-15(14)17/h3,5-10,16,20H,2,4,19H2,1H3. The maximum absolute atomic E-state index is 13.5. The molecule has 20 heavy (non-hydrogen) atoms. The molecule has 0 radical (unpaired) electrons. The molecule has 0 aliphatic carbocycles. The van der Waals surface area contributed by atoms with Gasteiger partial charge in [0.2, 0.25) is 0 Å². The van der Waals surface area contributed by atoms with Crippen LogP contribution in [-0.4, -0.2) is 0 Å². The predicted molar refractivity (Wildman–Crippen MR) is 83.7 cm³/mol. The summed E-state index contributed by atoms with van der Waals surface area (Å²) in [7, 11) is 0. The van der Waals surface area contributed by atoms with E-state index in [0.29, 0.717) is 0 Å². The van der Waals surface area contributed by atoms with Crippen molar-refractivity contribution in [2.45, 2.75) is 25.8 Å². The number of benzene rings is 2. The van der Waals surface area contributed by atoms with Crippen molar-refractivity contribution in [1.29, 1.82) is 0 Å². The highest BCUT2D eigenvalue weighted by atomic mass is 79.9. The number of aryl methyl sites for hydroxylation is 1. The number of hydrogen-bond donors (Lipinski definition) is 2. The third-order valence-electron chi connectivity index (χ3n) is 3.26. The maximum atomic E-state index is 13.5. The average molecular weight is 337 g/mol. The molecule has 0 fully saturated rings. The first kappa shape index (κ1) is 15.2. The van der Waals surface area contributed by atoms with Gasteiger partial charge in [0.05, 0.1) is 6.04 Å². The summed E-state index contributed by atoms with van der Waals surface area (Å²) in [5.74, 6) is 5.42. The van der Waals surface area contributed by atoms with Crippen LogP contribution in [0.5, 0.6) is 0 Å². The van der Waals surface area contributed by atoms with Gasteiger partial charge in [-0.05, 0) is 41.3 Å². The zero-order chi connectivity index (χ0) is 14.5. The molecular weight excluding hydrogens is 319 g/mol. The quantitative estimate of drug-likeness (QED) is 0.637. The molecule has 2 aromatic rings. The lowest BCUT2D eigenvalue weighted by molar-refractivity contribution is 0.603. The monoisotopic (exact) mass is 336 g/mol. The van der Waals surface area contributed by atoms with E-state index >= 15 is 0 Å². The Morgan fingerprint density at radius 1 is 1.25 bits per heavy atom. The lowest BCUT2D eigenvalue weighted by Gasteiger charge is -2.19.